The molecule has 2 unspecified atom stereocenters. The second-order valence-corrected chi connectivity index (χ2v) is 5.93. The van der Waals surface area contributed by atoms with Crippen LogP contribution in [-0.2, 0) is 11.8 Å². The fourth-order valence-corrected chi connectivity index (χ4v) is 2.77. The maximum atomic E-state index is 6.24. The van der Waals surface area contributed by atoms with Crippen molar-refractivity contribution in [1.82, 2.24) is 10.1 Å². The third-order valence-corrected chi connectivity index (χ3v) is 4.40. The molecule has 2 saturated carbocycles. The van der Waals surface area contributed by atoms with E-state index in [-0.39, 0.29) is 11.5 Å². The average Bonchev–Trinajstić information content (AvgIpc) is 2.99. The molecule has 2 aliphatic carbocycles. The van der Waals surface area contributed by atoms with Gasteiger partial charge in [0.2, 0.25) is 5.89 Å². The Labute approximate surface area is 102 Å². The highest BCUT2D eigenvalue weighted by atomic mass is 16.5. The van der Waals surface area contributed by atoms with Gasteiger partial charge in [-0.3, -0.25) is 0 Å². The van der Waals surface area contributed by atoms with Gasteiger partial charge in [-0.05, 0) is 38.5 Å². The first kappa shape index (κ1) is 11.2. The molecule has 0 bridgehead atoms. The minimum atomic E-state index is -0.104. The molecule has 1 heterocycles. The van der Waals surface area contributed by atoms with E-state index in [9.17, 15) is 0 Å². The molecular formula is C13H21N3O. The largest absolute Gasteiger partial charge is 0.339 e. The summed E-state index contributed by atoms with van der Waals surface area (Å²) in [6.07, 6.45) is 8.19. The summed E-state index contributed by atoms with van der Waals surface area (Å²) in [7, 11) is 0. The summed E-state index contributed by atoms with van der Waals surface area (Å²) in [6, 6.07) is 0.158. The van der Waals surface area contributed by atoms with Crippen molar-refractivity contribution in [3.63, 3.8) is 0 Å². The lowest BCUT2D eigenvalue weighted by molar-refractivity contribution is 0.203. The van der Waals surface area contributed by atoms with Gasteiger partial charge in [-0.2, -0.15) is 4.98 Å². The third-order valence-electron chi connectivity index (χ3n) is 4.40. The van der Waals surface area contributed by atoms with Crippen molar-refractivity contribution in [2.45, 2.75) is 63.3 Å². The quantitative estimate of drug-likeness (QED) is 0.872. The van der Waals surface area contributed by atoms with Crippen LogP contribution in [0.15, 0.2) is 4.52 Å². The van der Waals surface area contributed by atoms with Crippen LogP contribution in [0.3, 0.4) is 0 Å². The van der Waals surface area contributed by atoms with Crippen molar-refractivity contribution in [2.24, 2.45) is 11.7 Å². The molecule has 1 aromatic rings. The fourth-order valence-electron chi connectivity index (χ4n) is 2.77. The molecular weight excluding hydrogens is 214 g/mol. The van der Waals surface area contributed by atoms with E-state index >= 15 is 0 Å². The normalized spacial score (nSPS) is 33.9. The van der Waals surface area contributed by atoms with Crippen molar-refractivity contribution in [3.05, 3.63) is 11.7 Å². The summed E-state index contributed by atoms with van der Waals surface area (Å²) in [5, 5.41) is 4.11. The van der Waals surface area contributed by atoms with Crippen molar-refractivity contribution in [2.75, 3.05) is 0 Å². The standard InChI is InChI=1S/C13H21N3O/c1-13(7-3-2-4-10(13)14)12-15-11(16-17-12)8-9-5-6-9/h9-10H,2-8,14H2,1H3. The Bertz CT molecular complexity index is 399. The van der Waals surface area contributed by atoms with Gasteiger partial charge in [-0.1, -0.05) is 18.0 Å². The van der Waals surface area contributed by atoms with Gasteiger partial charge in [0.15, 0.2) is 5.82 Å². The minimum absolute atomic E-state index is 0.104. The van der Waals surface area contributed by atoms with Crippen LogP contribution in [-0.4, -0.2) is 16.2 Å². The van der Waals surface area contributed by atoms with E-state index in [0.717, 1.165) is 36.9 Å². The molecule has 4 nitrogen and oxygen atoms in total. The zero-order valence-corrected chi connectivity index (χ0v) is 10.5. The summed E-state index contributed by atoms with van der Waals surface area (Å²) < 4.78 is 5.47. The summed E-state index contributed by atoms with van der Waals surface area (Å²) in [5.74, 6) is 2.44. The molecule has 2 atom stereocenters. The fraction of sp³-hybridized carbons (Fsp3) is 0.846. The lowest BCUT2D eigenvalue weighted by Gasteiger charge is -2.35. The van der Waals surface area contributed by atoms with Crippen LogP contribution in [0.25, 0.3) is 0 Å². The molecule has 4 heteroatoms. The Balaban J connectivity index is 1.78. The Hall–Kier alpha value is -0.900. The van der Waals surface area contributed by atoms with Gasteiger partial charge in [0, 0.05) is 12.5 Å². The summed E-state index contributed by atoms with van der Waals surface area (Å²) in [5.41, 5.74) is 6.14. The monoisotopic (exact) mass is 235 g/mol. The lowest BCUT2D eigenvalue weighted by atomic mass is 9.72. The third kappa shape index (κ3) is 2.10. The zero-order valence-electron chi connectivity index (χ0n) is 10.5. The molecule has 0 radical (unpaired) electrons. The number of rotatable bonds is 3. The Morgan fingerprint density at radius 3 is 2.88 bits per heavy atom. The SMILES string of the molecule is CC1(c2nc(CC3CC3)no2)CCCCC1N. The smallest absolute Gasteiger partial charge is 0.234 e. The molecule has 0 amide bonds. The lowest BCUT2D eigenvalue weighted by Crippen LogP contribution is -2.45. The molecule has 2 N–H and O–H groups in total. The summed E-state index contributed by atoms with van der Waals surface area (Å²) >= 11 is 0. The van der Waals surface area contributed by atoms with E-state index in [1.165, 1.54) is 25.7 Å². The Kier molecular flexibility index (Phi) is 2.69. The predicted molar refractivity (Wildman–Crippen MR) is 64.5 cm³/mol. The van der Waals surface area contributed by atoms with E-state index in [1.54, 1.807) is 0 Å². The molecule has 0 spiro atoms. The molecule has 17 heavy (non-hydrogen) atoms. The van der Waals surface area contributed by atoms with Gasteiger partial charge >= 0.3 is 0 Å². The maximum Gasteiger partial charge on any atom is 0.234 e. The molecule has 0 aliphatic heterocycles. The average molecular weight is 235 g/mol. The van der Waals surface area contributed by atoms with Crippen molar-refractivity contribution in [3.8, 4) is 0 Å². The number of aromatic nitrogens is 2. The predicted octanol–water partition coefficient (Wildman–Crippen LogP) is 2.18. The minimum Gasteiger partial charge on any atom is -0.339 e. The molecule has 0 saturated heterocycles. The van der Waals surface area contributed by atoms with Crippen LogP contribution in [0.4, 0.5) is 0 Å². The van der Waals surface area contributed by atoms with E-state index < -0.39 is 0 Å². The number of hydrogen-bond donors (Lipinski definition) is 1. The van der Waals surface area contributed by atoms with Crippen LogP contribution in [0.5, 0.6) is 0 Å². The zero-order chi connectivity index (χ0) is 11.9. The molecule has 2 aliphatic rings. The first-order valence-corrected chi connectivity index (χ1v) is 6.77. The van der Waals surface area contributed by atoms with Gasteiger partial charge in [0.25, 0.3) is 0 Å². The van der Waals surface area contributed by atoms with Gasteiger partial charge in [-0.25, -0.2) is 0 Å². The van der Waals surface area contributed by atoms with Crippen molar-refractivity contribution < 1.29 is 4.52 Å². The molecule has 0 aromatic carbocycles. The van der Waals surface area contributed by atoms with Gasteiger partial charge in [-0.15, -0.1) is 0 Å². The maximum absolute atomic E-state index is 6.24. The highest BCUT2D eigenvalue weighted by molar-refractivity contribution is 5.10. The van der Waals surface area contributed by atoms with Crippen LogP contribution >= 0.6 is 0 Å². The highest BCUT2D eigenvalue weighted by Gasteiger charge is 2.41. The van der Waals surface area contributed by atoms with E-state index in [1.807, 2.05) is 0 Å². The highest BCUT2D eigenvalue weighted by Crippen LogP contribution is 2.38. The summed E-state index contributed by atoms with van der Waals surface area (Å²) in [6.45, 7) is 2.17. The second-order valence-electron chi connectivity index (χ2n) is 5.93. The number of nitrogens with two attached hydrogens (primary N) is 1. The van der Waals surface area contributed by atoms with Gasteiger partial charge in [0.05, 0.1) is 5.41 Å². The topological polar surface area (TPSA) is 64.9 Å². The number of hydrogen-bond acceptors (Lipinski definition) is 4. The van der Waals surface area contributed by atoms with Crippen LogP contribution in [0, 0.1) is 5.92 Å². The summed E-state index contributed by atoms with van der Waals surface area (Å²) in [4.78, 5) is 4.58. The first-order chi connectivity index (χ1) is 8.18. The molecule has 94 valence electrons. The van der Waals surface area contributed by atoms with Gasteiger partial charge in [0.1, 0.15) is 0 Å². The van der Waals surface area contributed by atoms with Crippen LogP contribution in [0.1, 0.15) is 57.2 Å². The molecule has 1 aromatic heterocycles. The van der Waals surface area contributed by atoms with Crippen molar-refractivity contribution >= 4 is 0 Å². The molecule has 2 fully saturated rings. The Morgan fingerprint density at radius 2 is 2.18 bits per heavy atom. The second kappa shape index (κ2) is 4.09. The van der Waals surface area contributed by atoms with E-state index in [0.29, 0.717) is 0 Å². The van der Waals surface area contributed by atoms with E-state index in [2.05, 4.69) is 17.1 Å². The Morgan fingerprint density at radius 1 is 1.35 bits per heavy atom. The number of nitrogens with zero attached hydrogens (tertiary/aromatic N) is 2. The van der Waals surface area contributed by atoms with Gasteiger partial charge < -0.3 is 10.3 Å². The van der Waals surface area contributed by atoms with Crippen LogP contribution in [0.2, 0.25) is 0 Å². The van der Waals surface area contributed by atoms with Crippen LogP contribution < -0.4 is 5.73 Å². The first-order valence-electron chi connectivity index (χ1n) is 6.77. The van der Waals surface area contributed by atoms with Crippen molar-refractivity contribution in [1.29, 1.82) is 0 Å². The van der Waals surface area contributed by atoms with E-state index in [4.69, 9.17) is 10.3 Å². The molecule has 3 rings (SSSR count).